The lowest BCUT2D eigenvalue weighted by Gasteiger charge is -2.11. The Morgan fingerprint density at radius 2 is 1.89 bits per heavy atom. The summed E-state index contributed by atoms with van der Waals surface area (Å²) >= 11 is 6.11. The molecule has 28 heavy (non-hydrogen) atoms. The second kappa shape index (κ2) is 9.05. The average Bonchev–Trinajstić information content (AvgIpc) is 2.70. The lowest BCUT2D eigenvalue weighted by molar-refractivity contribution is 0.102. The highest BCUT2D eigenvalue weighted by molar-refractivity contribution is 6.32. The van der Waals surface area contributed by atoms with Crippen LogP contribution in [0.15, 0.2) is 54.6 Å². The van der Waals surface area contributed by atoms with Gasteiger partial charge in [0.05, 0.1) is 24.4 Å². The molecule has 7 nitrogen and oxygen atoms in total. The van der Waals surface area contributed by atoms with E-state index in [-0.39, 0.29) is 11.6 Å². The number of ether oxygens (including phenoxy) is 2. The van der Waals surface area contributed by atoms with E-state index >= 15 is 0 Å². The first-order chi connectivity index (χ1) is 13.6. The predicted octanol–water partition coefficient (Wildman–Crippen LogP) is 4.53. The van der Waals surface area contributed by atoms with E-state index in [0.29, 0.717) is 34.6 Å². The third-order valence-corrected chi connectivity index (χ3v) is 4.05. The van der Waals surface area contributed by atoms with Crippen molar-refractivity contribution in [3.05, 3.63) is 65.3 Å². The van der Waals surface area contributed by atoms with Crippen molar-refractivity contribution in [1.29, 1.82) is 0 Å². The molecule has 0 radical (unpaired) electrons. The molecule has 0 saturated carbocycles. The molecule has 0 unspecified atom stereocenters. The number of amides is 1. The summed E-state index contributed by atoms with van der Waals surface area (Å²) in [6.07, 6.45) is 0. The maximum absolute atomic E-state index is 12.4. The van der Waals surface area contributed by atoms with Crippen LogP contribution in [0.3, 0.4) is 0 Å². The lowest BCUT2D eigenvalue weighted by Crippen LogP contribution is -2.15. The second-order valence-electron chi connectivity index (χ2n) is 5.66. The number of para-hydroxylation sites is 2. The van der Waals surface area contributed by atoms with Gasteiger partial charge in [0.15, 0.2) is 11.5 Å². The van der Waals surface area contributed by atoms with Gasteiger partial charge in [0, 0.05) is 5.69 Å². The first-order valence-electron chi connectivity index (χ1n) is 8.58. The van der Waals surface area contributed by atoms with E-state index in [1.807, 2.05) is 19.1 Å². The summed E-state index contributed by atoms with van der Waals surface area (Å²) in [7, 11) is 1.55. The molecule has 1 aromatic heterocycles. The van der Waals surface area contributed by atoms with Crippen LogP contribution in [0.25, 0.3) is 0 Å². The zero-order valence-electron chi connectivity index (χ0n) is 15.4. The molecule has 144 valence electrons. The highest BCUT2D eigenvalue weighted by Crippen LogP contribution is 2.28. The molecule has 1 heterocycles. The van der Waals surface area contributed by atoms with Crippen LogP contribution in [0.1, 0.15) is 17.4 Å². The van der Waals surface area contributed by atoms with Crippen LogP contribution in [0.4, 0.5) is 17.2 Å². The van der Waals surface area contributed by atoms with Gasteiger partial charge < -0.3 is 20.1 Å². The minimum atomic E-state index is -0.376. The molecule has 0 atom stereocenters. The van der Waals surface area contributed by atoms with E-state index in [0.717, 1.165) is 5.69 Å². The smallest absolute Gasteiger partial charge is 0.276 e. The summed E-state index contributed by atoms with van der Waals surface area (Å²) in [6, 6.07) is 15.7. The van der Waals surface area contributed by atoms with Crippen molar-refractivity contribution in [1.82, 2.24) is 10.2 Å². The zero-order valence-corrected chi connectivity index (χ0v) is 16.2. The maximum Gasteiger partial charge on any atom is 0.276 e. The van der Waals surface area contributed by atoms with Gasteiger partial charge in [-0.3, -0.25) is 4.79 Å². The number of carbonyl (C=O) groups is 1. The van der Waals surface area contributed by atoms with Crippen LogP contribution in [-0.2, 0) is 0 Å². The molecular formula is C20H19ClN4O3. The van der Waals surface area contributed by atoms with Gasteiger partial charge in [-0.2, -0.15) is 0 Å². The molecule has 0 bridgehead atoms. The van der Waals surface area contributed by atoms with Gasteiger partial charge in [0.25, 0.3) is 5.91 Å². The number of carbonyl (C=O) groups excluding carboxylic acids is 1. The molecule has 0 spiro atoms. The van der Waals surface area contributed by atoms with Gasteiger partial charge >= 0.3 is 0 Å². The third-order valence-electron chi connectivity index (χ3n) is 3.76. The molecule has 2 aromatic carbocycles. The van der Waals surface area contributed by atoms with E-state index < -0.39 is 0 Å². The Morgan fingerprint density at radius 1 is 1.07 bits per heavy atom. The zero-order chi connectivity index (χ0) is 19.9. The number of rotatable bonds is 7. The normalized spacial score (nSPS) is 10.2. The molecular weight excluding hydrogens is 380 g/mol. The number of aromatic nitrogens is 2. The summed E-state index contributed by atoms with van der Waals surface area (Å²) in [5.74, 6) is 1.28. The minimum absolute atomic E-state index is 0.185. The minimum Gasteiger partial charge on any atom is -0.495 e. The van der Waals surface area contributed by atoms with E-state index in [1.54, 1.807) is 49.6 Å². The maximum atomic E-state index is 12.4. The number of hydrogen-bond acceptors (Lipinski definition) is 6. The summed E-state index contributed by atoms with van der Waals surface area (Å²) in [5.41, 5.74) is 1.48. The molecule has 8 heteroatoms. The Hall–Kier alpha value is -3.32. The van der Waals surface area contributed by atoms with E-state index in [1.165, 1.54) is 0 Å². The molecule has 0 saturated heterocycles. The number of benzene rings is 2. The fourth-order valence-corrected chi connectivity index (χ4v) is 2.71. The van der Waals surface area contributed by atoms with Crippen molar-refractivity contribution in [2.45, 2.75) is 6.92 Å². The predicted molar refractivity (Wildman–Crippen MR) is 109 cm³/mol. The van der Waals surface area contributed by atoms with Crippen LogP contribution < -0.4 is 20.1 Å². The average molecular weight is 399 g/mol. The molecule has 3 aromatic rings. The number of halogens is 1. The second-order valence-corrected chi connectivity index (χ2v) is 6.07. The lowest BCUT2D eigenvalue weighted by atomic mass is 10.2. The number of methoxy groups -OCH3 is 1. The number of anilines is 3. The fourth-order valence-electron chi connectivity index (χ4n) is 2.45. The molecule has 0 aliphatic heterocycles. The molecule has 0 aliphatic carbocycles. The van der Waals surface area contributed by atoms with E-state index in [9.17, 15) is 4.79 Å². The monoisotopic (exact) mass is 398 g/mol. The molecule has 3 rings (SSSR count). The first kappa shape index (κ1) is 19.4. The van der Waals surface area contributed by atoms with Crippen molar-refractivity contribution in [3.8, 4) is 11.5 Å². The molecule has 0 aliphatic rings. The van der Waals surface area contributed by atoms with E-state index in [4.69, 9.17) is 21.1 Å². The van der Waals surface area contributed by atoms with Gasteiger partial charge in [-0.15, -0.1) is 10.2 Å². The Balaban J connectivity index is 1.68. The largest absolute Gasteiger partial charge is 0.495 e. The van der Waals surface area contributed by atoms with Gasteiger partial charge in [-0.05, 0) is 49.4 Å². The van der Waals surface area contributed by atoms with E-state index in [2.05, 4.69) is 20.8 Å². The van der Waals surface area contributed by atoms with Crippen LogP contribution >= 0.6 is 11.6 Å². The van der Waals surface area contributed by atoms with Crippen molar-refractivity contribution >= 4 is 34.7 Å². The quantitative estimate of drug-likeness (QED) is 0.608. The first-order valence-corrected chi connectivity index (χ1v) is 8.96. The molecule has 0 fully saturated rings. The summed E-state index contributed by atoms with van der Waals surface area (Å²) < 4.78 is 10.6. The Kier molecular flexibility index (Phi) is 6.29. The van der Waals surface area contributed by atoms with Crippen molar-refractivity contribution < 1.29 is 14.3 Å². The third kappa shape index (κ3) is 4.69. The van der Waals surface area contributed by atoms with Crippen LogP contribution in [0.2, 0.25) is 5.02 Å². The van der Waals surface area contributed by atoms with Gasteiger partial charge in [0.2, 0.25) is 0 Å². The van der Waals surface area contributed by atoms with Crippen molar-refractivity contribution in [2.24, 2.45) is 0 Å². The number of nitrogens with one attached hydrogen (secondary N) is 2. The van der Waals surface area contributed by atoms with Gasteiger partial charge in [-0.1, -0.05) is 23.7 Å². The SMILES string of the molecule is CCOc1ccccc1NC(=O)c1ccc(Nc2ccc(OC)c(Cl)c2)nn1. The Morgan fingerprint density at radius 3 is 2.57 bits per heavy atom. The van der Waals surface area contributed by atoms with Gasteiger partial charge in [-0.25, -0.2) is 0 Å². The van der Waals surface area contributed by atoms with Crippen LogP contribution in [-0.4, -0.2) is 29.8 Å². The highest BCUT2D eigenvalue weighted by Gasteiger charge is 2.12. The van der Waals surface area contributed by atoms with Crippen molar-refractivity contribution in [2.75, 3.05) is 24.4 Å². The van der Waals surface area contributed by atoms with Gasteiger partial charge in [0.1, 0.15) is 11.5 Å². The summed E-state index contributed by atoms with van der Waals surface area (Å²) in [5, 5.41) is 14.4. The molecule has 2 N–H and O–H groups in total. The summed E-state index contributed by atoms with van der Waals surface area (Å²) in [4.78, 5) is 12.4. The topological polar surface area (TPSA) is 85.4 Å². The number of hydrogen-bond donors (Lipinski definition) is 2. The summed E-state index contributed by atoms with van der Waals surface area (Å²) in [6.45, 7) is 2.38. The van der Waals surface area contributed by atoms with Crippen LogP contribution in [0, 0.1) is 0 Å². The standard InChI is InChI=1S/C20H19ClN4O3/c1-3-28-18-7-5-4-6-15(18)23-20(26)16-9-11-19(25-24-16)22-13-8-10-17(27-2)14(21)12-13/h4-12H,3H2,1-2H3,(H,22,25)(H,23,26). The fraction of sp³-hybridized carbons (Fsp3) is 0.150. The number of nitrogens with zero attached hydrogens (tertiary/aromatic N) is 2. The Labute approximate surface area is 167 Å². The van der Waals surface area contributed by atoms with Crippen LogP contribution in [0.5, 0.6) is 11.5 Å². The molecule has 1 amide bonds. The van der Waals surface area contributed by atoms with Crippen molar-refractivity contribution in [3.63, 3.8) is 0 Å². The Bertz CT molecular complexity index is 964. The highest BCUT2D eigenvalue weighted by atomic mass is 35.5.